The third kappa shape index (κ3) is 17.2. The third-order valence-corrected chi connectivity index (χ3v) is 4.90. The fourth-order valence-corrected chi connectivity index (χ4v) is 3.43. The molecule has 1 heterocycles. The Kier molecular flexibility index (Phi) is 13.6. The number of hydrogen-bond acceptors (Lipinski definition) is 5. The molecular formula is C24H50N2O3. The highest BCUT2D eigenvalue weighted by Gasteiger charge is 2.21. The van der Waals surface area contributed by atoms with Crippen LogP contribution >= 0.6 is 0 Å². The van der Waals surface area contributed by atoms with Crippen LogP contribution < -0.4 is 0 Å². The van der Waals surface area contributed by atoms with Gasteiger partial charge in [0.15, 0.2) is 0 Å². The van der Waals surface area contributed by atoms with Gasteiger partial charge in [-0.05, 0) is 36.5 Å². The molecule has 0 spiro atoms. The van der Waals surface area contributed by atoms with Crippen molar-refractivity contribution in [3.8, 4) is 0 Å². The fraction of sp³-hybridized carbons (Fsp3) is 1.00. The molecule has 1 fully saturated rings. The second-order valence-electron chi connectivity index (χ2n) is 10.9. The van der Waals surface area contributed by atoms with Crippen molar-refractivity contribution < 1.29 is 14.2 Å². The molecule has 0 amide bonds. The molecule has 0 radical (unpaired) electrons. The summed E-state index contributed by atoms with van der Waals surface area (Å²) in [4.78, 5) is 5.13. The van der Waals surface area contributed by atoms with Gasteiger partial charge in [0.1, 0.15) is 0 Å². The maximum atomic E-state index is 5.82. The minimum atomic E-state index is 0.264. The molecule has 0 bridgehead atoms. The van der Waals surface area contributed by atoms with Gasteiger partial charge in [-0.15, -0.1) is 0 Å². The van der Waals surface area contributed by atoms with E-state index in [2.05, 4.69) is 51.3 Å². The van der Waals surface area contributed by atoms with E-state index in [1.807, 2.05) is 0 Å². The maximum Gasteiger partial charge on any atom is 0.0593 e. The van der Waals surface area contributed by atoms with Crippen LogP contribution in [0.1, 0.15) is 67.2 Å². The first-order chi connectivity index (χ1) is 13.7. The molecule has 5 nitrogen and oxygen atoms in total. The topological polar surface area (TPSA) is 34.2 Å². The minimum Gasteiger partial charge on any atom is -0.381 e. The second-order valence-corrected chi connectivity index (χ2v) is 10.9. The zero-order chi connectivity index (χ0) is 21.6. The highest BCUT2D eigenvalue weighted by atomic mass is 16.5. The van der Waals surface area contributed by atoms with E-state index in [1.54, 1.807) is 0 Å². The Balaban J connectivity index is 1.80. The molecule has 29 heavy (non-hydrogen) atoms. The Morgan fingerprint density at radius 2 is 1.00 bits per heavy atom. The van der Waals surface area contributed by atoms with Crippen LogP contribution in [-0.4, -0.2) is 88.7 Å². The standard InChI is InChI=1S/C24H50N2O3/c1-23(2,3)21-26-13-11-25(12-14-26)15-20-28-18-8-7-16-27-17-9-10-19-29-22-24(4,5)6/h7-22H2,1-6H3. The number of unbranched alkanes of at least 4 members (excludes halogenated alkanes) is 2. The molecule has 1 rings (SSSR count). The van der Waals surface area contributed by atoms with Crippen LogP contribution in [0.4, 0.5) is 0 Å². The average Bonchev–Trinajstić information content (AvgIpc) is 2.61. The van der Waals surface area contributed by atoms with Crippen molar-refractivity contribution in [2.45, 2.75) is 67.2 Å². The van der Waals surface area contributed by atoms with Crippen LogP contribution in [-0.2, 0) is 14.2 Å². The summed E-state index contributed by atoms with van der Waals surface area (Å²) in [5.74, 6) is 0. The van der Waals surface area contributed by atoms with Gasteiger partial charge in [0, 0.05) is 65.7 Å². The van der Waals surface area contributed by atoms with Gasteiger partial charge in [-0.1, -0.05) is 41.5 Å². The van der Waals surface area contributed by atoms with Crippen molar-refractivity contribution in [1.82, 2.24) is 9.80 Å². The Hall–Kier alpha value is -0.200. The lowest BCUT2D eigenvalue weighted by molar-refractivity contribution is 0.0558. The number of rotatable bonds is 15. The molecule has 0 aromatic carbocycles. The molecule has 1 aliphatic heterocycles. The Labute approximate surface area is 181 Å². The lowest BCUT2D eigenvalue weighted by Gasteiger charge is -2.37. The molecule has 0 saturated carbocycles. The van der Waals surface area contributed by atoms with E-state index in [9.17, 15) is 0 Å². The van der Waals surface area contributed by atoms with E-state index < -0.39 is 0 Å². The highest BCUT2D eigenvalue weighted by molar-refractivity contribution is 4.76. The van der Waals surface area contributed by atoms with Crippen LogP contribution in [0.15, 0.2) is 0 Å². The molecule has 0 N–H and O–H groups in total. The van der Waals surface area contributed by atoms with Gasteiger partial charge in [-0.2, -0.15) is 0 Å². The molecule has 5 heteroatoms. The lowest BCUT2D eigenvalue weighted by Crippen LogP contribution is -2.49. The molecule has 0 aromatic rings. The Bertz CT molecular complexity index is 383. The summed E-state index contributed by atoms with van der Waals surface area (Å²) in [5, 5.41) is 0. The van der Waals surface area contributed by atoms with Crippen LogP contribution in [0.25, 0.3) is 0 Å². The average molecular weight is 415 g/mol. The predicted octanol–water partition coefficient (Wildman–Crippen LogP) is 4.31. The SMILES string of the molecule is CC(C)(C)COCCCCOCCCCOCCN1CCN(CC(C)(C)C)CC1. The van der Waals surface area contributed by atoms with Gasteiger partial charge in [0.25, 0.3) is 0 Å². The zero-order valence-electron chi connectivity index (χ0n) is 20.4. The normalized spacial score (nSPS) is 17.2. The monoisotopic (exact) mass is 414 g/mol. The van der Waals surface area contributed by atoms with Crippen molar-refractivity contribution in [1.29, 1.82) is 0 Å². The Morgan fingerprint density at radius 3 is 1.48 bits per heavy atom. The number of nitrogens with zero attached hydrogens (tertiary/aromatic N) is 2. The molecule has 1 saturated heterocycles. The van der Waals surface area contributed by atoms with Gasteiger partial charge >= 0.3 is 0 Å². The summed E-state index contributed by atoms with van der Waals surface area (Å²) < 4.78 is 17.2. The van der Waals surface area contributed by atoms with Crippen LogP contribution in [0.2, 0.25) is 0 Å². The van der Waals surface area contributed by atoms with Gasteiger partial charge in [0.2, 0.25) is 0 Å². The van der Waals surface area contributed by atoms with Crippen LogP contribution in [0.5, 0.6) is 0 Å². The summed E-state index contributed by atoms with van der Waals surface area (Å²) in [6.07, 6.45) is 4.35. The lowest BCUT2D eigenvalue weighted by atomic mass is 9.96. The van der Waals surface area contributed by atoms with E-state index in [1.165, 1.54) is 32.7 Å². The minimum absolute atomic E-state index is 0.264. The van der Waals surface area contributed by atoms with E-state index in [-0.39, 0.29) is 5.41 Å². The van der Waals surface area contributed by atoms with Gasteiger partial charge < -0.3 is 19.1 Å². The van der Waals surface area contributed by atoms with E-state index in [0.29, 0.717) is 5.41 Å². The number of hydrogen-bond donors (Lipinski definition) is 0. The second kappa shape index (κ2) is 14.7. The van der Waals surface area contributed by atoms with Crippen LogP contribution in [0, 0.1) is 10.8 Å². The highest BCUT2D eigenvalue weighted by Crippen LogP contribution is 2.16. The molecule has 1 aliphatic rings. The summed E-state index contributed by atoms with van der Waals surface area (Å²) in [6, 6.07) is 0. The molecule has 0 atom stereocenters. The molecular weight excluding hydrogens is 364 g/mol. The van der Waals surface area contributed by atoms with Gasteiger partial charge in [0.05, 0.1) is 13.2 Å². The first-order valence-corrected chi connectivity index (χ1v) is 11.8. The van der Waals surface area contributed by atoms with Crippen molar-refractivity contribution >= 4 is 0 Å². The molecule has 0 aromatic heterocycles. The summed E-state index contributed by atoms with van der Waals surface area (Å²) in [6.45, 7) is 25.7. The van der Waals surface area contributed by atoms with Crippen molar-refractivity contribution in [3.05, 3.63) is 0 Å². The maximum absolute atomic E-state index is 5.82. The molecule has 0 unspecified atom stereocenters. The predicted molar refractivity (Wildman–Crippen MR) is 123 cm³/mol. The quantitative estimate of drug-likeness (QED) is 0.373. The number of ether oxygens (including phenoxy) is 3. The molecule has 174 valence electrons. The third-order valence-electron chi connectivity index (χ3n) is 4.90. The summed E-state index contributed by atoms with van der Waals surface area (Å²) >= 11 is 0. The summed E-state index contributed by atoms with van der Waals surface area (Å²) in [5.41, 5.74) is 0.662. The van der Waals surface area contributed by atoms with Gasteiger partial charge in [-0.3, -0.25) is 4.90 Å². The van der Waals surface area contributed by atoms with E-state index in [4.69, 9.17) is 14.2 Å². The number of piperazine rings is 1. The summed E-state index contributed by atoms with van der Waals surface area (Å²) in [7, 11) is 0. The smallest absolute Gasteiger partial charge is 0.0593 e. The van der Waals surface area contributed by atoms with Crippen molar-refractivity contribution in [3.63, 3.8) is 0 Å². The van der Waals surface area contributed by atoms with Crippen molar-refractivity contribution in [2.24, 2.45) is 10.8 Å². The molecule has 0 aliphatic carbocycles. The largest absolute Gasteiger partial charge is 0.381 e. The first kappa shape index (κ1) is 26.8. The zero-order valence-corrected chi connectivity index (χ0v) is 20.4. The Morgan fingerprint density at radius 1 is 0.552 bits per heavy atom. The van der Waals surface area contributed by atoms with Crippen LogP contribution in [0.3, 0.4) is 0 Å². The van der Waals surface area contributed by atoms with E-state index >= 15 is 0 Å². The van der Waals surface area contributed by atoms with Gasteiger partial charge in [-0.25, -0.2) is 0 Å². The first-order valence-electron chi connectivity index (χ1n) is 11.8. The van der Waals surface area contributed by atoms with Crippen molar-refractivity contribution in [2.75, 3.05) is 78.9 Å². The van der Waals surface area contributed by atoms with E-state index in [0.717, 1.165) is 71.9 Å². The fourth-order valence-electron chi connectivity index (χ4n) is 3.43.